The monoisotopic (exact) mass is 458 g/mol. The maximum Gasteiger partial charge on any atom is 0.191 e. The van der Waals surface area contributed by atoms with E-state index in [-0.39, 0.29) is 24.0 Å². The minimum absolute atomic E-state index is 0. The largest absolute Gasteiger partial charge is 0.497 e. The van der Waals surface area contributed by atoms with Crippen LogP contribution < -0.4 is 15.4 Å². The van der Waals surface area contributed by atoms with Crippen molar-refractivity contribution in [2.45, 2.75) is 33.4 Å². The molecule has 0 amide bonds. The molecule has 1 aromatic heterocycles. The van der Waals surface area contributed by atoms with Gasteiger partial charge in [-0.25, -0.2) is 4.99 Å². The molecule has 2 rings (SSSR count). The fraction of sp³-hybridized carbons (Fsp3) is 0.471. The molecule has 7 nitrogen and oxygen atoms in total. The molecule has 0 unspecified atom stereocenters. The van der Waals surface area contributed by atoms with Crippen molar-refractivity contribution in [1.82, 2.24) is 25.4 Å². The van der Waals surface area contributed by atoms with E-state index in [0.29, 0.717) is 6.54 Å². The van der Waals surface area contributed by atoms with Gasteiger partial charge in [-0.15, -0.1) is 34.2 Å². The van der Waals surface area contributed by atoms with Crippen LogP contribution in [-0.2, 0) is 19.5 Å². The predicted molar refractivity (Wildman–Crippen MR) is 111 cm³/mol. The van der Waals surface area contributed by atoms with Crippen LogP contribution >= 0.6 is 24.0 Å². The lowest BCUT2D eigenvalue weighted by Crippen LogP contribution is -2.38. The first-order valence-corrected chi connectivity index (χ1v) is 8.28. The van der Waals surface area contributed by atoms with Gasteiger partial charge in [0.1, 0.15) is 17.9 Å². The summed E-state index contributed by atoms with van der Waals surface area (Å²) >= 11 is 0. The molecule has 2 N–H and O–H groups in total. The van der Waals surface area contributed by atoms with Gasteiger partial charge in [0.15, 0.2) is 5.96 Å². The Kier molecular flexibility index (Phi) is 9.90. The SMILES string of the molecule is CCNC(=NCc1ccc(OC)cc1)NCCn1cnnc1CC.I. The average molecular weight is 458 g/mol. The van der Waals surface area contributed by atoms with Gasteiger partial charge in [0.25, 0.3) is 0 Å². The zero-order chi connectivity index (χ0) is 17.2. The Morgan fingerprint density at radius 3 is 2.60 bits per heavy atom. The van der Waals surface area contributed by atoms with Crippen molar-refractivity contribution >= 4 is 29.9 Å². The highest BCUT2D eigenvalue weighted by molar-refractivity contribution is 14.0. The van der Waals surface area contributed by atoms with E-state index in [1.54, 1.807) is 13.4 Å². The molecule has 0 aliphatic heterocycles. The number of ether oxygens (including phenoxy) is 1. The van der Waals surface area contributed by atoms with Crippen LogP contribution in [0.15, 0.2) is 35.6 Å². The van der Waals surface area contributed by atoms with Crippen molar-refractivity contribution in [1.29, 1.82) is 0 Å². The number of nitrogens with zero attached hydrogens (tertiary/aromatic N) is 4. The highest BCUT2D eigenvalue weighted by atomic mass is 127. The molecular weight excluding hydrogens is 431 g/mol. The van der Waals surface area contributed by atoms with Gasteiger partial charge in [0.2, 0.25) is 0 Å². The number of aromatic nitrogens is 3. The topological polar surface area (TPSA) is 76.4 Å². The Morgan fingerprint density at radius 1 is 1.20 bits per heavy atom. The van der Waals surface area contributed by atoms with E-state index >= 15 is 0 Å². The molecule has 0 spiro atoms. The molecule has 0 aliphatic rings. The molecule has 0 radical (unpaired) electrons. The number of hydrogen-bond acceptors (Lipinski definition) is 4. The van der Waals surface area contributed by atoms with Crippen LogP contribution in [0.4, 0.5) is 0 Å². The number of aliphatic imine (C=N–C) groups is 1. The second-order valence-corrected chi connectivity index (χ2v) is 5.26. The molecule has 25 heavy (non-hydrogen) atoms. The van der Waals surface area contributed by atoms with Crippen LogP contribution in [0.1, 0.15) is 25.2 Å². The first-order chi connectivity index (χ1) is 11.8. The molecule has 1 aromatic carbocycles. The molecule has 0 atom stereocenters. The van der Waals surface area contributed by atoms with E-state index in [4.69, 9.17) is 4.74 Å². The molecule has 2 aromatic rings. The fourth-order valence-electron chi connectivity index (χ4n) is 2.28. The minimum atomic E-state index is 0. The summed E-state index contributed by atoms with van der Waals surface area (Å²) in [5.41, 5.74) is 1.14. The van der Waals surface area contributed by atoms with Crippen LogP contribution in [0.25, 0.3) is 0 Å². The number of hydrogen-bond donors (Lipinski definition) is 2. The van der Waals surface area contributed by atoms with Crippen molar-refractivity contribution < 1.29 is 4.74 Å². The normalized spacial score (nSPS) is 10.9. The Balaban J connectivity index is 0.00000312. The molecule has 0 saturated carbocycles. The number of halogens is 1. The summed E-state index contributed by atoms with van der Waals surface area (Å²) in [6.45, 7) is 7.14. The van der Waals surface area contributed by atoms with E-state index in [1.807, 2.05) is 24.3 Å². The molecule has 138 valence electrons. The van der Waals surface area contributed by atoms with E-state index in [0.717, 1.165) is 49.2 Å². The zero-order valence-corrected chi connectivity index (χ0v) is 17.4. The van der Waals surface area contributed by atoms with Crippen molar-refractivity contribution in [2.24, 2.45) is 4.99 Å². The summed E-state index contributed by atoms with van der Waals surface area (Å²) in [5.74, 6) is 2.66. The molecule has 0 saturated heterocycles. The molecule has 0 fully saturated rings. The lowest BCUT2D eigenvalue weighted by atomic mass is 10.2. The maximum atomic E-state index is 5.17. The highest BCUT2D eigenvalue weighted by Crippen LogP contribution is 2.11. The molecule has 0 bridgehead atoms. The first-order valence-electron chi connectivity index (χ1n) is 8.28. The third-order valence-corrected chi connectivity index (χ3v) is 3.58. The smallest absolute Gasteiger partial charge is 0.191 e. The van der Waals surface area contributed by atoms with Gasteiger partial charge < -0.3 is 19.9 Å². The van der Waals surface area contributed by atoms with Crippen molar-refractivity contribution in [3.8, 4) is 5.75 Å². The third kappa shape index (κ3) is 6.89. The second-order valence-electron chi connectivity index (χ2n) is 5.26. The van der Waals surface area contributed by atoms with E-state index in [9.17, 15) is 0 Å². The number of aryl methyl sites for hydroxylation is 1. The van der Waals surface area contributed by atoms with Crippen LogP contribution in [0.3, 0.4) is 0 Å². The standard InChI is InChI=1S/C17H26N6O.HI/c1-4-16-22-21-13-23(16)11-10-19-17(18-5-2)20-12-14-6-8-15(24-3)9-7-14;/h6-9,13H,4-5,10-12H2,1-3H3,(H2,18,19,20);1H. The van der Waals surface area contributed by atoms with Crippen molar-refractivity contribution in [3.05, 3.63) is 42.0 Å². The Hall–Kier alpha value is -1.84. The average Bonchev–Trinajstić information content (AvgIpc) is 3.07. The van der Waals surface area contributed by atoms with Gasteiger partial charge in [-0.3, -0.25) is 0 Å². The molecule has 1 heterocycles. The van der Waals surface area contributed by atoms with Gasteiger partial charge in [-0.2, -0.15) is 0 Å². The van der Waals surface area contributed by atoms with E-state index in [1.165, 1.54) is 0 Å². The summed E-state index contributed by atoms with van der Waals surface area (Å²) < 4.78 is 7.22. The lowest BCUT2D eigenvalue weighted by molar-refractivity contribution is 0.414. The number of methoxy groups -OCH3 is 1. The lowest BCUT2D eigenvalue weighted by Gasteiger charge is -2.12. The first kappa shape index (κ1) is 21.2. The summed E-state index contributed by atoms with van der Waals surface area (Å²) in [7, 11) is 1.67. The summed E-state index contributed by atoms with van der Waals surface area (Å²) in [4.78, 5) is 4.61. The van der Waals surface area contributed by atoms with Crippen LogP contribution in [0, 0.1) is 0 Å². The van der Waals surface area contributed by atoms with Gasteiger partial charge >= 0.3 is 0 Å². The fourth-order valence-corrected chi connectivity index (χ4v) is 2.28. The summed E-state index contributed by atoms with van der Waals surface area (Å²) in [6.07, 6.45) is 2.65. The minimum Gasteiger partial charge on any atom is -0.497 e. The Morgan fingerprint density at radius 2 is 1.96 bits per heavy atom. The summed E-state index contributed by atoms with van der Waals surface area (Å²) in [5, 5.41) is 14.6. The van der Waals surface area contributed by atoms with Crippen LogP contribution in [0.5, 0.6) is 5.75 Å². The van der Waals surface area contributed by atoms with Crippen LogP contribution in [0.2, 0.25) is 0 Å². The number of guanidine groups is 1. The van der Waals surface area contributed by atoms with Gasteiger partial charge in [0, 0.05) is 26.1 Å². The number of benzene rings is 1. The van der Waals surface area contributed by atoms with Gasteiger partial charge in [-0.1, -0.05) is 19.1 Å². The predicted octanol–water partition coefficient (Wildman–Crippen LogP) is 2.22. The second kappa shape index (κ2) is 11.7. The molecule has 0 aliphatic carbocycles. The zero-order valence-electron chi connectivity index (χ0n) is 15.0. The maximum absolute atomic E-state index is 5.17. The third-order valence-electron chi connectivity index (χ3n) is 3.58. The number of rotatable bonds is 8. The number of nitrogens with one attached hydrogen (secondary N) is 2. The van der Waals surface area contributed by atoms with Gasteiger partial charge in [-0.05, 0) is 24.6 Å². The molecular formula is C17H27IN6O. The Labute approximate surface area is 166 Å². The van der Waals surface area contributed by atoms with E-state index < -0.39 is 0 Å². The van der Waals surface area contributed by atoms with E-state index in [2.05, 4.69) is 44.2 Å². The summed E-state index contributed by atoms with van der Waals surface area (Å²) in [6, 6.07) is 7.94. The quantitative estimate of drug-likeness (QED) is 0.361. The van der Waals surface area contributed by atoms with Crippen LogP contribution in [-0.4, -0.2) is 40.9 Å². The Bertz CT molecular complexity index is 641. The van der Waals surface area contributed by atoms with Gasteiger partial charge in [0.05, 0.1) is 13.7 Å². The molecule has 8 heteroatoms. The highest BCUT2D eigenvalue weighted by Gasteiger charge is 2.02. The van der Waals surface area contributed by atoms with Crippen molar-refractivity contribution in [3.63, 3.8) is 0 Å². The van der Waals surface area contributed by atoms with Crippen molar-refractivity contribution in [2.75, 3.05) is 20.2 Å².